The van der Waals surface area contributed by atoms with Crippen molar-refractivity contribution in [1.82, 2.24) is 0 Å². The Morgan fingerprint density at radius 1 is 0.923 bits per heavy atom. The van der Waals surface area contributed by atoms with E-state index in [1.54, 1.807) is 62.4 Å². The van der Waals surface area contributed by atoms with Crippen molar-refractivity contribution >= 4 is 11.6 Å². The zero-order valence-electron chi connectivity index (χ0n) is 14.4. The average molecular weight is 350 g/mol. The Hall–Kier alpha value is -2.92. The topological polar surface area (TPSA) is 72.8 Å². The molecular formula is C21H18O5. The lowest BCUT2D eigenvalue weighted by atomic mass is 9.79. The fraction of sp³-hybridized carbons (Fsp3) is 0.238. The number of aliphatic hydroxyl groups is 1. The molecule has 0 saturated carbocycles. The van der Waals surface area contributed by atoms with Gasteiger partial charge in [-0.1, -0.05) is 42.5 Å². The van der Waals surface area contributed by atoms with E-state index < -0.39 is 17.8 Å². The first kappa shape index (κ1) is 16.5. The Bertz CT molecular complexity index is 926. The van der Waals surface area contributed by atoms with Crippen LogP contribution in [-0.4, -0.2) is 34.5 Å². The second kappa shape index (κ2) is 5.81. The van der Waals surface area contributed by atoms with Crippen LogP contribution in [0.2, 0.25) is 0 Å². The van der Waals surface area contributed by atoms with Crippen molar-refractivity contribution < 1.29 is 24.2 Å². The third-order valence-corrected chi connectivity index (χ3v) is 4.77. The molecule has 1 aliphatic carbocycles. The Morgan fingerprint density at radius 3 is 2.15 bits per heavy atom. The van der Waals surface area contributed by atoms with Crippen LogP contribution in [0.4, 0.5) is 0 Å². The summed E-state index contributed by atoms with van der Waals surface area (Å²) < 4.78 is 11.7. The molecule has 2 atom stereocenters. The van der Waals surface area contributed by atoms with E-state index in [9.17, 15) is 14.7 Å². The number of hydrogen-bond donors (Lipinski definition) is 1. The third kappa shape index (κ3) is 2.44. The Balaban J connectivity index is 1.86. The number of hydrogen-bond acceptors (Lipinski definition) is 5. The maximum absolute atomic E-state index is 13.1. The van der Waals surface area contributed by atoms with Crippen LogP contribution < -0.4 is 4.74 Å². The van der Waals surface area contributed by atoms with Crippen molar-refractivity contribution in [2.24, 2.45) is 0 Å². The molecule has 26 heavy (non-hydrogen) atoms. The minimum atomic E-state index is -1.12. The van der Waals surface area contributed by atoms with E-state index in [0.717, 1.165) is 0 Å². The van der Waals surface area contributed by atoms with Gasteiger partial charge in [-0.2, -0.15) is 0 Å². The van der Waals surface area contributed by atoms with Gasteiger partial charge in [0.25, 0.3) is 0 Å². The molecular weight excluding hydrogens is 332 g/mol. The summed E-state index contributed by atoms with van der Waals surface area (Å²) >= 11 is 0. The molecule has 5 nitrogen and oxygen atoms in total. The first-order valence-electron chi connectivity index (χ1n) is 8.41. The lowest BCUT2D eigenvalue weighted by Crippen LogP contribution is -2.56. The molecule has 0 fully saturated rings. The minimum Gasteiger partial charge on any atom is -0.483 e. The van der Waals surface area contributed by atoms with Gasteiger partial charge in [-0.25, -0.2) is 0 Å². The van der Waals surface area contributed by atoms with Gasteiger partial charge in [0.15, 0.2) is 17.6 Å². The van der Waals surface area contributed by atoms with Gasteiger partial charge >= 0.3 is 0 Å². The van der Waals surface area contributed by atoms with Gasteiger partial charge in [0, 0.05) is 11.1 Å². The predicted octanol–water partition coefficient (Wildman–Crippen LogP) is 2.94. The molecule has 0 bridgehead atoms. The molecule has 0 amide bonds. The highest BCUT2D eigenvalue weighted by atomic mass is 16.5. The number of carbonyl (C=O) groups excluding carboxylic acids is 2. The molecule has 0 aromatic heterocycles. The number of ether oxygens (including phenoxy) is 2. The number of rotatable bonds is 2. The van der Waals surface area contributed by atoms with Gasteiger partial charge in [0.1, 0.15) is 17.5 Å². The number of ketones is 2. The van der Waals surface area contributed by atoms with Crippen LogP contribution in [0.25, 0.3) is 0 Å². The fourth-order valence-corrected chi connectivity index (χ4v) is 3.35. The van der Waals surface area contributed by atoms with Crippen LogP contribution in [0.5, 0.6) is 5.75 Å². The van der Waals surface area contributed by atoms with E-state index in [4.69, 9.17) is 9.47 Å². The average Bonchev–Trinajstić information content (AvgIpc) is 2.64. The smallest absolute Gasteiger partial charge is 0.228 e. The molecule has 2 aliphatic rings. The Kier molecular flexibility index (Phi) is 3.70. The van der Waals surface area contributed by atoms with Crippen LogP contribution in [0, 0.1) is 0 Å². The Morgan fingerprint density at radius 2 is 1.50 bits per heavy atom. The van der Waals surface area contributed by atoms with E-state index >= 15 is 0 Å². The van der Waals surface area contributed by atoms with Crippen molar-refractivity contribution in [3.63, 3.8) is 0 Å². The van der Waals surface area contributed by atoms with E-state index in [1.807, 2.05) is 6.07 Å². The van der Waals surface area contributed by atoms with Crippen molar-refractivity contribution in [3.8, 4) is 5.75 Å². The van der Waals surface area contributed by atoms with Gasteiger partial charge in [-0.05, 0) is 26.0 Å². The highest BCUT2D eigenvalue weighted by Crippen LogP contribution is 2.40. The summed E-state index contributed by atoms with van der Waals surface area (Å²) in [7, 11) is 0. The molecule has 4 rings (SSSR count). The number of allylic oxidation sites excluding steroid dienone is 1. The summed E-state index contributed by atoms with van der Waals surface area (Å²) in [4.78, 5) is 26.0. The molecule has 0 radical (unpaired) electrons. The highest BCUT2D eigenvalue weighted by molar-refractivity contribution is 6.26. The number of aliphatic hydroxyl groups excluding tert-OH is 1. The molecule has 1 heterocycles. The Labute approximate surface area is 150 Å². The summed E-state index contributed by atoms with van der Waals surface area (Å²) in [6.45, 7) is 3.34. The van der Waals surface area contributed by atoms with E-state index in [0.29, 0.717) is 16.9 Å². The summed E-state index contributed by atoms with van der Waals surface area (Å²) in [6, 6.07) is 15.5. The SMILES string of the molecule is CC1(C)OC2=C(C(=O)c3ccccc3C2=O)[C@@H](Oc2ccccc2)[C@@H]1O. The van der Waals surface area contributed by atoms with Gasteiger partial charge in [0.2, 0.25) is 5.78 Å². The normalized spacial score (nSPS) is 23.8. The van der Waals surface area contributed by atoms with Crippen molar-refractivity contribution in [1.29, 1.82) is 0 Å². The van der Waals surface area contributed by atoms with Crippen molar-refractivity contribution in [3.05, 3.63) is 77.1 Å². The number of benzene rings is 2. The zero-order chi connectivity index (χ0) is 18.5. The molecule has 0 saturated heterocycles. The van der Waals surface area contributed by atoms with Gasteiger partial charge in [-0.15, -0.1) is 0 Å². The lowest BCUT2D eigenvalue weighted by molar-refractivity contribution is -0.118. The minimum absolute atomic E-state index is 0.0371. The standard InChI is InChI=1S/C21H18O5/c1-21(2)20(24)19(25-12-8-4-3-5-9-12)15-16(22)13-10-6-7-11-14(13)17(23)18(15)26-21/h3-11,19-20,24H,1-2H3/t19-,20+/m1/s1. The van der Waals surface area contributed by atoms with Crippen molar-refractivity contribution in [2.45, 2.75) is 31.7 Å². The maximum atomic E-state index is 13.1. The molecule has 2 aromatic rings. The monoisotopic (exact) mass is 350 g/mol. The van der Waals surface area contributed by atoms with Gasteiger partial charge in [0.05, 0.1) is 5.57 Å². The third-order valence-electron chi connectivity index (χ3n) is 4.77. The predicted molar refractivity (Wildman–Crippen MR) is 94.2 cm³/mol. The molecule has 5 heteroatoms. The molecule has 1 N–H and O–H groups in total. The quantitative estimate of drug-likeness (QED) is 0.901. The fourth-order valence-electron chi connectivity index (χ4n) is 3.35. The van der Waals surface area contributed by atoms with E-state index in [2.05, 4.69) is 0 Å². The number of para-hydroxylation sites is 1. The summed E-state index contributed by atoms with van der Waals surface area (Å²) in [5.41, 5.74) is -0.403. The van der Waals surface area contributed by atoms with Gasteiger partial charge < -0.3 is 14.6 Å². The first-order valence-corrected chi connectivity index (χ1v) is 8.41. The van der Waals surface area contributed by atoms with Gasteiger partial charge in [-0.3, -0.25) is 9.59 Å². The molecule has 0 spiro atoms. The maximum Gasteiger partial charge on any atom is 0.228 e. The van der Waals surface area contributed by atoms with Crippen molar-refractivity contribution in [2.75, 3.05) is 0 Å². The van der Waals surface area contributed by atoms with Crippen LogP contribution in [-0.2, 0) is 4.74 Å². The zero-order valence-corrected chi connectivity index (χ0v) is 14.4. The largest absolute Gasteiger partial charge is 0.483 e. The second-order valence-corrected chi connectivity index (χ2v) is 6.95. The molecule has 132 valence electrons. The molecule has 1 aliphatic heterocycles. The number of Topliss-reactive ketones (excluding diaryl/α,β-unsaturated/α-hetero) is 2. The summed E-state index contributed by atoms with van der Waals surface area (Å²) in [5, 5.41) is 10.8. The number of fused-ring (bicyclic) bond motifs is 1. The van der Waals surface area contributed by atoms with E-state index in [1.165, 1.54) is 0 Å². The van der Waals surface area contributed by atoms with Crippen LogP contribution >= 0.6 is 0 Å². The van der Waals surface area contributed by atoms with Crippen LogP contribution in [0.15, 0.2) is 65.9 Å². The number of carbonyl (C=O) groups is 2. The molecule has 0 unspecified atom stereocenters. The molecule has 2 aromatic carbocycles. The van der Waals surface area contributed by atoms with Crippen LogP contribution in [0.3, 0.4) is 0 Å². The first-order chi connectivity index (χ1) is 12.4. The summed E-state index contributed by atoms with van der Waals surface area (Å²) in [5.74, 6) is -0.257. The summed E-state index contributed by atoms with van der Waals surface area (Å²) in [6.07, 6.45) is -2.12. The second-order valence-electron chi connectivity index (χ2n) is 6.95. The highest BCUT2D eigenvalue weighted by Gasteiger charge is 2.51. The van der Waals surface area contributed by atoms with E-state index in [-0.39, 0.29) is 22.9 Å². The van der Waals surface area contributed by atoms with Crippen LogP contribution in [0.1, 0.15) is 34.6 Å². The lowest BCUT2D eigenvalue weighted by Gasteiger charge is -2.43.